The van der Waals surface area contributed by atoms with E-state index in [0.29, 0.717) is 17.0 Å². The lowest BCUT2D eigenvalue weighted by atomic mass is 10.2. The third-order valence-electron chi connectivity index (χ3n) is 2.46. The molecule has 1 aromatic carbocycles. The molecule has 0 saturated heterocycles. The molecule has 0 aliphatic rings. The zero-order chi connectivity index (χ0) is 14.5. The van der Waals surface area contributed by atoms with Gasteiger partial charge in [-0.2, -0.15) is 23.7 Å². The Morgan fingerprint density at radius 3 is 2.75 bits per heavy atom. The summed E-state index contributed by atoms with van der Waals surface area (Å²) in [6.07, 6.45) is 2.25. The molecule has 2 rings (SSSR count). The zero-order valence-corrected chi connectivity index (χ0v) is 11.4. The maximum atomic E-state index is 12.0. The van der Waals surface area contributed by atoms with Gasteiger partial charge in [0.25, 0.3) is 0 Å². The van der Waals surface area contributed by atoms with Gasteiger partial charge in [-0.05, 0) is 42.0 Å². The van der Waals surface area contributed by atoms with E-state index in [2.05, 4.69) is 20.0 Å². The molecule has 0 radical (unpaired) electrons. The van der Waals surface area contributed by atoms with Crippen molar-refractivity contribution in [3.63, 3.8) is 0 Å². The van der Waals surface area contributed by atoms with E-state index in [4.69, 9.17) is 12.2 Å². The van der Waals surface area contributed by atoms with E-state index in [1.807, 2.05) is 6.92 Å². The molecule has 106 valence electrons. The SMILES string of the molecule is CCc1n[nH]c(=S)n1/N=C\c1ccc(OC(F)F)cc1. The highest BCUT2D eigenvalue weighted by Crippen LogP contribution is 2.14. The van der Waals surface area contributed by atoms with Crippen LogP contribution < -0.4 is 4.74 Å². The summed E-state index contributed by atoms with van der Waals surface area (Å²) in [6.45, 7) is -0.890. The summed E-state index contributed by atoms with van der Waals surface area (Å²) in [5.41, 5.74) is 0.733. The molecule has 0 aliphatic carbocycles. The second-order valence-corrected chi connectivity index (χ2v) is 4.19. The van der Waals surface area contributed by atoms with E-state index in [1.54, 1.807) is 18.3 Å². The van der Waals surface area contributed by atoms with Gasteiger partial charge in [-0.15, -0.1) is 0 Å². The predicted octanol–water partition coefficient (Wildman–Crippen LogP) is 2.99. The minimum absolute atomic E-state index is 0.103. The van der Waals surface area contributed by atoms with Gasteiger partial charge < -0.3 is 4.74 Å². The smallest absolute Gasteiger partial charge is 0.387 e. The number of benzene rings is 1. The minimum Gasteiger partial charge on any atom is -0.435 e. The molecule has 1 N–H and O–H groups in total. The highest BCUT2D eigenvalue weighted by Gasteiger charge is 2.03. The first-order valence-corrected chi connectivity index (χ1v) is 6.26. The van der Waals surface area contributed by atoms with E-state index < -0.39 is 6.61 Å². The number of nitrogens with one attached hydrogen (secondary N) is 1. The molecule has 5 nitrogen and oxygen atoms in total. The number of H-pyrrole nitrogens is 1. The lowest BCUT2D eigenvalue weighted by molar-refractivity contribution is -0.0498. The Labute approximate surface area is 118 Å². The van der Waals surface area contributed by atoms with Gasteiger partial charge in [0.05, 0.1) is 6.21 Å². The van der Waals surface area contributed by atoms with Crippen LogP contribution in [0.4, 0.5) is 8.78 Å². The third-order valence-corrected chi connectivity index (χ3v) is 2.73. The monoisotopic (exact) mass is 298 g/mol. The number of nitrogens with zero attached hydrogens (tertiary/aromatic N) is 3. The highest BCUT2D eigenvalue weighted by molar-refractivity contribution is 7.71. The summed E-state index contributed by atoms with van der Waals surface area (Å²) in [6, 6.07) is 6.14. The van der Waals surface area contributed by atoms with E-state index in [9.17, 15) is 8.78 Å². The van der Waals surface area contributed by atoms with Crippen LogP contribution in [0.25, 0.3) is 0 Å². The Morgan fingerprint density at radius 2 is 2.15 bits per heavy atom. The van der Waals surface area contributed by atoms with E-state index >= 15 is 0 Å². The van der Waals surface area contributed by atoms with Crippen LogP contribution >= 0.6 is 12.2 Å². The van der Waals surface area contributed by atoms with Crippen molar-refractivity contribution in [2.24, 2.45) is 5.10 Å². The van der Waals surface area contributed by atoms with Crippen LogP contribution in [0.15, 0.2) is 29.4 Å². The fourth-order valence-electron chi connectivity index (χ4n) is 1.53. The highest BCUT2D eigenvalue weighted by atomic mass is 32.1. The molecule has 1 heterocycles. The number of aryl methyl sites for hydroxylation is 1. The molecular formula is C12H12F2N4OS. The zero-order valence-electron chi connectivity index (χ0n) is 10.6. The lowest BCUT2D eigenvalue weighted by Crippen LogP contribution is -2.01. The van der Waals surface area contributed by atoms with E-state index in [1.165, 1.54) is 16.8 Å². The first-order chi connectivity index (χ1) is 9.60. The molecule has 0 spiro atoms. The molecule has 0 fully saturated rings. The molecule has 20 heavy (non-hydrogen) atoms. The summed E-state index contributed by atoms with van der Waals surface area (Å²) in [7, 11) is 0. The summed E-state index contributed by atoms with van der Waals surface area (Å²) in [5, 5.41) is 10.9. The summed E-state index contributed by atoms with van der Waals surface area (Å²) >= 11 is 5.05. The van der Waals surface area contributed by atoms with Crippen LogP contribution in [0.5, 0.6) is 5.75 Å². The van der Waals surface area contributed by atoms with Gasteiger partial charge in [0, 0.05) is 6.42 Å². The van der Waals surface area contributed by atoms with Crippen molar-refractivity contribution in [3.8, 4) is 5.75 Å². The average molecular weight is 298 g/mol. The van der Waals surface area contributed by atoms with Gasteiger partial charge in [0.1, 0.15) is 5.75 Å². The van der Waals surface area contributed by atoms with Crippen LogP contribution in [0, 0.1) is 4.77 Å². The van der Waals surface area contributed by atoms with Crippen molar-refractivity contribution in [1.82, 2.24) is 14.9 Å². The van der Waals surface area contributed by atoms with E-state index in [-0.39, 0.29) is 5.75 Å². The molecule has 0 amide bonds. The number of aromatic amines is 1. The molecule has 1 aromatic heterocycles. The van der Waals surface area contributed by atoms with Crippen LogP contribution in [-0.2, 0) is 6.42 Å². The molecule has 0 atom stereocenters. The predicted molar refractivity (Wildman–Crippen MR) is 72.9 cm³/mol. The molecular weight excluding hydrogens is 286 g/mol. The first kappa shape index (κ1) is 14.3. The molecule has 0 aliphatic heterocycles. The number of hydrogen-bond acceptors (Lipinski definition) is 4. The Kier molecular flexibility index (Phi) is 4.57. The standard InChI is InChI=1S/C12H12F2N4OS/c1-2-10-16-17-12(20)18(10)15-7-8-3-5-9(6-4-8)19-11(13)14/h3-7,11H,2H2,1H3,(H,17,20)/b15-7-. The van der Waals surface area contributed by atoms with E-state index in [0.717, 1.165) is 5.56 Å². The van der Waals surface area contributed by atoms with Crippen molar-refractivity contribution in [2.75, 3.05) is 0 Å². The number of rotatable bonds is 5. The van der Waals surface area contributed by atoms with Crippen LogP contribution in [-0.4, -0.2) is 27.7 Å². The fourth-order valence-corrected chi connectivity index (χ4v) is 1.73. The van der Waals surface area contributed by atoms with Gasteiger partial charge in [0.15, 0.2) is 5.82 Å². The van der Waals surface area contributed by atoms with Crippen LogP contribution in [0.2, 0.25) is 0 Å². The number of ether oxygens (including phenoxy) is 1. The summed E-state index contributed by atoms with van der Waals surface area (Å²) in [5.74, 6) is 0.815. The van der Waals surface area contributed by atoms with Crippen molar-refractivity contribution >= 4 is 18.4 Å². The maximum absolute atomic E-state index is 12.0. The summed E-state index contributed by atoms with van der Waals surface area (Å²) < 4.78 is 30.2. The lowest BCUT2D eigenvalue weighted by Gasteiger charge is -2.03. The van der Waals surface area contributed by atoms with Crippen LogP contribution in [0.1, 0.15) is 18.3 Å². The van der Waals surface area contributed by atoms with Gasteiger partial charge in [-0.1, -0.05) is 6.92 Å². The number of hydrogen-bond donors (Lipinski definition) is 1. The first-order valence-electron chi connectivity index (χ1n) is 5.85. The largest absolute Gasteiger partial charge is 0.435 e. The minimum atomic E-state index is -2.83. The Morgan fingerprint density at radius 1 is 1.45 bits per heavy atom. The van der Waals surface area contributed by atoms with Crippen molar-refractivity contribution in [3.05, 3.63) is 40.4 Å². The average Bonchev–Trinajstić information content (AvgIpc) is 2.78. The quantitative estimate of drug-likeness (QED) is 0.682. The van der Waals surface area contributed by atoms with Crippen molar-refractivity contribution in [1.29, 1.82) is 0 Å². The molecule has 8 heteroatoms. The Balaban J connectivity index is 2.15. The molecule has 0 bridgehead atoms. The van der Waals surface area contributed by atoms with Crippen LogP contribution in [0.3, 0.4) is 0 Å². The second-order valence-electron chi connectivity index (χ2n) is 3.80. The Bertz CT molecular complexity index is 648. The van der Waals surface area contributed by atoms with Gasteiger partial charge in [-0.3, -0.25) is 5.10 Å². The Hall–Kier alpha value is -2.09. The molecule has 0 saturated carbocycles. The number of halogens is 2. The van der Waals surface area contributed by atoms with Gasteiger partial charge >= 0.3 is 6.61 Å². The normalized spacial score (nSPS) is 11.4. The number of alkyl halides is 2. The molecule has 0 unspecified atom stereocenters. The molecule has 2 aromatic rings. The van der Waals surface area contributed by atoms with Crippen molar-refractivity contribution in [2.45, 2.75) is 20.0 Å². The topological polar surface area (TPSA) is 55.2 Å². The summed E-state index contributed by atoms with van der Waals surface area (Å²) in [4.78, 5) is 0. The van der Waals surface area contributed by atoms with Crippen molar-refractivity contribution < 1.29 is 13.5 Å². The maximum Gasteiger partial charge on any atom is 0.387 e. The van der Waals surface area contributed by atoms with Gasteiger partial charge in [-0.25, -0.2) is 0 Å². The second kappa shape index (κ2) is 6.38. The van der Waals surface area contributed by atoms with Gasteiger partial charge in [0.2, 0.25) is 4.77 Å². The number of aromatic nitrogens is 3. The third kappa shape index (κ3) is 3.47. The fraction of sp³-hybridized carbons (Fsp3) is 0.250.